The fourth-order valence-electron chi connectivity index (χ4n) is 2.03. The topological polar surface area (TPSA) is 52.8 Å². The lowest BCUT2D eigenvalue weighted by Crippen LogP contribution is -2.38. The summed E-state index contributed by atoms with van der Waals surface area (Å²) in [7, 11) is 0. The molecule has 1 saturated heterocycles. The van der Waals surface area contributed by atoms with Crippen LogP contribution in [0.1, 0.15) is 37.1 Å². The van der Waals surface area contributed by atoms with Gasteiger partial charge in [0.15, 0.2) is 5.82 Å². The van der Waals surface area contributed by atoms with Gasteiger partial charge in [0.25, 0.3) is 0 Å². The Bertz CT molecular complexity index is 429. The molecule has 0 radical (unpaired) electrons. The van der Waals surface area contributed by atoms with Gasteiger partial charge < -0.3 is 4.90 Å². The standard InChI is InChI=1S/C12H16N4/c1-3-9-10(8-13)12(16-6-5-7-16)15-14-11(9)4-2/h3-7H2,1-2H3. The molecule has 0 bridgehead atoms. The Kier molecular flexibility index (Phi) is 3.04. The van der Waals surface area contributed by atoms with Gasteiger partial charge in [-0.2, -0.15) is 10.4 Å². The van der Waals surface area contributed by atoms with Crippen molar-refractivity contribution in [2.24, 2.45) is 0 Å². The second kappa shape index (κ2) is 4.48. The van der Waals surface area contributed by atoms with Crippen LogP contribution in [0, 0.1) is 11.3 Å². The smallest absolute Gasteiger partial charge is 0.169 e. The van der Waals surface area contributed by atoms with E-state index in [4.69, 9.17) is 0 Å². The Morgan fingerprint density at radius 1 is 1.25 bits per heavy atom. The summed E-state index contributed by atoms with van der Waals surface area (Å²) >= 11 is 0. The van der Waals surface area contributed by atoms with Gasteiger partial charge in [0.2, 0.25) is 0 Å². The van der Waals surface area contributed by atoms with E-state index in [1.807, 2.05) is 6.92 Å². The molecule has 0 unspecified atom stereocenters. The third-order valence-corrected chi connectivity index (χ3v) is 3.10. The van der Waals surface area contributed by atoms with Crippen LogP contribution in [-0.4, -0.2) is 23.3 Å². The molecule has 0 saturated carbocycles. The molecule has 2 rings (SSSR count). The van der Waals surface area contributed by atoms with Crippen molar-refractivity contribution >= 4 is 5.82 Å². The van der Waals surface area contributed by atoms with E-state index in [1.165, 1.54) is 6.42 Å². The Hall–Kier alpha value is -1.63. The van der Waals surface area contributed by atoms with Crippen LogP contribution in [0.25, 0.3) is 0 Å². The van der Waals surface area contributed by atoms with Crippen LogP contribution >= 0.6 is 0 Å². The zero-order chi connectivity index (χ0) is 11.5. The predicted octanol–water partition coefficient (Wildman–Crippen LogP) is 1.68. The molecule has 0 aromatic carbocycles. The number of aryl methyl sites for hydroxylation is 1. The highest BCUT2D eigenvalue weighted by molar-refractivity contribution is 5.59. The second-order valence-corrected chi connectivity index (χ2v) is 3.98. The summed E-state index contributed by atoms with van der Waals surface area (Å²) in [6.07, 6.45) is 2.87. The number of nitrogens with zero attached hydrogens (tertiary/aromatic N) is 4. The Balaban J connectivity index is 2.50. The van der Waals surface area contributed by atoms with Crippen LogP contribution in [-0.2, 0) is 12.8 Å². The highest BCUT2D eigenvalue weighted by Crippen LogP contribution is 2.26. The number of rotatable bonds is 3. The SMILES string of the molecule is CCc1nnc(N2CCC2)c(C#N)c1CC. The largest absolute Gasteiger partial charge is 0.354 e. The Labute approximate surface area is 95.9 Å². The van der Waals surface area contributed by atoms with Crippen LogP contribution < -0.4 is 4.90 Å². The van der Waals surface area contributed by atoms with Gasteiger partial charge in [-0.3, -0.25) is 0 Å². The molecule has 1 aromatic heterocycles. The van der Waals surface area contributed by atoms with Gasteiger partial charge in [-0.05, 0) is 24.8 Å². The van der Waals surface area contributed by atoms with E-state index in [2.05, 4.69) is 28.1 Å². The fraction of sp³-hybridized carbons (Fsp3) is 0.583. The van der Waals surface area contributed by atoms with Gasteiger partial charge in [0.05, 0.1) is 5.69 Å². The first-order valence-corrected chi connectivity index (χ1v) is 5.85. The fourth-order valence-corrected chi connectivity index (χ4v) is 2.03. The lowest BCUT2D eigenvalue weighted by molar-refractivity contribution is 0.602. The quantitative estimate of drug-likeness (QED) is 0.771. The first-order valence-electron chi connectivity index (χ1n) is 5.85. The zero-order valence-corrected chi connectivity index (χ0v) is 9.82. The first-order chi connectivity index (χ1) is 7.81. The van der Waals surface area contributed by atoms with Crippen molar-refractivity contribution in [2.75, 3.05) is 18.0 Å². The summed E-state index contributed by atoms with van der Waals surface area (Å²) in [5.74, 6) is 0.780. The molecule has 0 amide bonds. The maximum atomic E-state index is 9.27. The Morgan fingerprint density at radius 3 is 2.44 bits per heavy atom. The highest BCUT2D eigenvalue weighted by Gasteiger charge is 2.22. The van der Waals surface area contributed by atoms with Crippen molar-refractivity contribution in [2.45, 2.75) is 33.1 Å². The van der Waals surface area contributed by atoms with Crippen molar-refractivity contribution < 1.29 is 0 Å². The summed E-state index contributed by atoms with van der Waals surface area (Å²) in [5, 5.41) is 17.7. The molecule has 0 N–H and O–H groups in total. The molecule has 4 nitrogen and oxygen atoms in total. The van der Waals surface area contributed by atoms with Crippen LogP contribution in [0.2, 0.25) is 0 Å². The van der Waals surface area contributed by atoms with E-state index in [1.54, 1.807) is 0 Å². The molecule has 0 atom stereocenters. The summed E-state index contributed by atoms with van der Waals surface area (Å²) in [4.78, 5) is 2.13. The zero-order valence-electron chi connectivity index (χ0n) is 9.82. The number of aromatic nitrogens is 2. The van der Waals surface area contributed by atoms with Crippen molar-refractivity contribution in [3.8, 4) is 6.07 Å². The number of hydrogen-bond donors (Lipinski definition) is 0. The number of hydrogen-bond acceptors (Lipinski definition) is 4. The average molecular weight is 216 g/mol. The molecule has 16 heavy (non-hydrogen) atoms. The van der Waals surface area contributed by atoms with Crippen molar-refractivity contribution in [1.82, 2.24) is 10.2 Å². The molecule has 0 aliphatic carbocycles. The molecule has 1 fully saturated rings. The lowest BCUT2D eigenvalue weighted by Gasteiger charge is -2.32. The van der Waals surface area contributed by atoms with Gasteiger partial charge in [-0.15, -0.1) is 5.10 Å². The summed E-state index contributed by atoms with van der Waals surface area (Å²) in [6.45, 7) is 6.11. The van der Waals surface area contributed by atoms with E-state index in [9.17, 15) is 5.26 Å². The van der Waals surface area contributed by atoms with Gasteiger partial charge >= 0.3 is 0 Å². The number of anilines is 1. The van der Waals surface area contributed by atoms with Crippen LogP contribution in [0.3, 0.4) is 0 Å². The van der Waals surface area contributed by atoms with Crippen LogP contribution in [0.5, 0.6) is 0 Å². The van der Waals surface area contributed by atoms with Gasteiger partial charge in [-0.25, -0.2) is 0 Å². The third-order valence-electron chi connectivity index (χ3n) is 3.10. The van der Waals surface area contributed by atoms with E-state index in [0.29, 0.717) is 0 Å². The van der Waals surface area contributed by atoms with Gasteiger partial charge in [0.1, 0.15) is 11.6 Å². The summed E-state index contributed by atoms with van der Waals surface area (Å²) in [5.41, 5.74) is 2.76. The number of nitriles is 1. The average Bonchev–Trinajstić information content (AvgIpc) is 2.25. The molecular weight excluding hydrogens is 200 g/mol. The molecular formula is C12H16N4. The minimum absolute atomic E-state index is 0.731. The molecule has 1 aliphatic heterocycles. The second-order valence-electron chi connectivity index (χ2n) is 3.98. The van der Waals surface area contributed by atoms with E-state index in [0.717, 1.165) is 48.6 Å². The first kappa shape index (κ1) is 10.9. The van der Waals surface area contributed by atoms with E-state index < -0.39 is 0 Å². The predicted molar refractivity (Wildman–Crippen MR) is 62.3 cm³/mol. The highest BCUT2D eigenvalue weighted by atomic mass is 15.3. The maximum Gasteiger partial charge on any atom is 0.169 e. The molecule has 84 valence electrons. The lowest BCUT2D eigenvalue weighted by atomic mass is 10.0. The molecule has 1 aliphatic rings. The van der Waals surface area contributed by atoms with Crippen LogP contribution in [0.15, 0.2) is 0 Å². The molecule has 0 spiro atoms. The van der Waals surface area contributed by atoms with E-state index >= 15 is 0 Å². The van der Waals surface area contributed by atoms with Crippen molar-refractivity contribution in [3.05, 3.63) is 16.8 Å². The minimum Gasteiger partial charge on any atom is -0.354 e. The molecule has 4 heteroatoms. The molecule has 2 heterocycles. The normalized spacial score (nSPS) is 14.4. The minimum atomic E-state index is 0.731. The Morgan fingerprint density at radius 2 is 2.00 bits per heavy atom. The van der Waals surface area contributed by atoms with E-state index in [-0.39, 0.29) is 0 Å². The maximum absolute atomic E-state index is 9.27. The van der Waals surface area contributed by atoms with Gasteiger partial charge in [-0.1, -0.05) is 13.8 Å². The summed E-state index contributed by atoms with van der Waals surface area (Å²) < 4.78 is 0. The monoisotopic (exact) mass is 216 g/mol. The summed E-state index contributed by atoms with van der Waals surface area (Å²) in [6, 6.07) is 2.29. The van der Waals surface area contributed by atoms with Crippen molar-refractivity contribution in [3.63, 3.8) is 0 Å². The molecule has 1 aromatic rings. The van der Waals surface area contributed by atoms with Gasteiger partial charge in [0, 0.05) is 13.1 Å². The van der Waals surface area contributed by atoms with Crippen LogP contribution in [0.4, 0.5) is 5.82 Å². The van der Waals surface area contributed by atoms with Crippen molar-refractivity contribution in [1.29, 1.82) is 5.26 Å². The third kappa shape index (κ3) is 1.63.